The monoisotopic (exact) mass is 614 g/mol. The molecule has 0 radical (unpaired) electrons. The van der Waals surface area contributed by atoms with E-state index < -0.39 is 17.0 Å². The molecule has 0 aliphatic heterocycles. The average Bonchev–Trinajstić information content (AvgIpc) is 3.06. The molecule has 0 aliphatic rings. The molecule has 8 nitrogen and oxygen atoms in total. The van der Waals surface area contributed by atoms with E-state index in [0.29, 0.717) is 65.1 Å². The summed E-state index contributed by atoms with van der Waals surface area (Å²) in [6, 6.07) is 26.6. The third-order valence-electron chi connectivity index (χ3n) is 7.29. The largest absolute Gasteiger partial charge is 0.493 e. The van der Waals surface area contributed by atoms with Crippen LogP contribution >= 0.6 is 0 Å². The zero-order valence-corrected chi connectivity index (χ0v) is 26.5. The predicted molar refractivity (Wildman–Crippen MR) is 171 cm³/mol. The number of hydrogen-bond donors (Lipinski definition) is 1. The van der Waals surface area contributed by atoms with E-state index in [1.54, 1.807) is 33.5 Å². The quantitative estimate of drug-likeness (QED) is 0.158. The number of rotatable bonds is 15. The smallest absolute Gasteiger partial charge is 0.162 e. The molecular weight excluding hydrogens is 576 g/mol. The summed E-state index contributed by atoms with van der Waals surface area (Å²) in [6.07, 6.45) is 0.892. The van der Waals surface area contributed by atoms with Gasteiger partial charge in [-0.15, -0.1) is 0 Å². The highest BCUT2D eigenvalue weighted by atomic mass is 32.2. The lowest BCUT2D eigenvalue weighted by Gasteiger charge is -2.24. The lowest BCUT2D eigenvalue weighted by atomic mass is 9.91. The average molecular weight is 615 g/mol. The van der Waals surface area contributed by atoms with Crippen molar-refractivity contribution in [2.45, 2.75) is 37.3 Å². The molecule has 0 amide bonds. The van der Waals surface area contributed by atoms with Crippen molar-refractivity contribution >= 4 is 11.0 Å². The van der Waals surface area contributed by atoms with Crippen LogP contribution in [0.25, 0.3) is 0 Å². The van der Waals surface area contributed by atoms with Gasteiger partial charge in [-0.1, -0.05) is 48.0 Å². The van der Waals surface area contributed by atoms with Crippen LogP contribution in [-0.2, 0) is 35.2 Å². The van der Waals surface area contributed by atoms with Crippen LogP contribution < -0.4 is 23.7 Å². The van der Waals surface area contributed by atoms with Crippen LogP contribution in [0.1, 0.15) is 39.4 Å². The molecular formula is C35H38N2O6S. The molecule has 0 saturated heterocycles. The summed E-state index contributed by atoms with van der Waals surface area (Å²) in [5, 5.41) is 10.0. The molecule has 4 aromatic carbocycles. The third-order valence-corrected chi connectivity index (χ3v) is 8.49. The molecule has 230 valence electrons. The lowest BCUT2D eigenvalue weighted by Crippen LogP contribution is -2.27. The second-order valence-electron chi connectivity index (χ2n) is 10.1. The van der Waals surface area contributed by atoms with Gasteiger partial charge in [0, 0.05) is 12.1 Å². The Morgan fingerprint density at radius 1 is 0.795 bits per heavy atom. The Hall–Kier alpha value is -4.36. The van der Waals surface area contributed by atoms with Crippen LogP contribution in [0.2, 0.25) is 0 Å². The molecule has 0 bridgehead atoms. The van der Waals surface area contributed by atoms with Gasteiger partial charge in [0.2, 0.25) is 0 Å². The number of nitrogens with zero attached hydrogens (tertiary/aromatic N) is 1. The van der Waals surface area contributed by atoms with Crippen molar-refractivity contribution in [1.82, 2.24) is 4.72 Å². The summed E-state index contributed by atoms with van der Waals surface area (Å²) in [4.78, 5) is 0.640. The first-order chi connectivity index (χ1) is 21.4. The van der Waals surface area contributed by atoms with E-state index in [9.17, 15) is 9.47 Å². The summed E-state index contributed by atoms with van der Waals surface area (Å²) in [7, 11) is 4.70. The van der Waals surface area contributed by atoms with Crippen LogP contribution in [0.4, 0.5) is 0 Å². The van der Waals surface area contributed by atoms with Crippen LogP contribution in [0.3, 0.4) is 0 Å². The zero-order valence-electron chi connectivity index (χ0n) is 25.7. The van der Waals surface area contributed by atoms with Gasteiger partial charge in [-0.25, -0.2) is 8.93 Å². The number of benzene rings is 4. The highest BCUT2D eigenvalue weighted by Crippen LogP contribution is 2.37. The van der Waals surface area contributed by atoms with Crippen molar-refractivity contribution < 1.29 is 27.9 Å². The summed E-state index contributed by atoms with van der Waals surface area (Å²) in [6.45, 7) is 2.92. The Bertz CT molecular complexity index is 1600. The highest BCUT2D eigenvalue weighted by molar-refractivity contribution is 7.83. The van der Waals surface area contributed by atoms with Crippen LogP contribution in [0.15, 0.2) is 83.8 Å². The van der Waals surface area contributed by atoms with E-state index in [4.69, 9.17) is 23.7 Å². The molecule has 4 aromatic rings. The molecule has 4 rings (SSSR count). The maximum atomic E-state index is 13.7. The molecule has 44 heavy (non-hydrogen) atoms. The number of ether oxygens (including phenoxy) is 5. The predicted octanol–water partition coefficient (Wildman–Crippen LogP) is 6.26. The fourth-order valence-corrected chi connectivity index (χ4v) is 5.90. The molecule has 0 heterocycles. The fraction of sp³-hybridized carbons (Fsp3) is 0.286. The molecule has 0 aromatic heterocycles. The van der Waals surface area contributed by atoms with Gasteiger partial charge in [-0.2, -0.15) is 5.26 Å². The molecule has 0 aliphatic carbocycles. The molecule has 0 fully saturated rings. The van der Waals surface area contributed by atoms with Crippen molar-refractivity contribution in [3.05, 3.63) is 112 Å². The van der Waals surface area contributed by atoms with Gasteiger partial charge in [0.1, 0.15) is 11.0 Å². The number of methoxy groups -OCH3 is 4. The van der Waals surface area contributed by atoms with Gasteiger partial charge >= 0.3 is 0 Å². The van der Waals surface area contributed by atoms with Crippen LogP contribution in [0.5, 0.6) is 23.0 Å². The van der Waals surface area contributed by atoms with E-state index in [1.807, 2.05) is 73.7 Å². The minimum Gasteiger partial charge on any atom is -0.493 e. The molecule has 0 unspecified atom stereocenters. The molecule has 0 saturated carbocycles. The van der Waals surface area contributed by atoms with Crippen molar-refractivity contribution in [2.75, 3.05) is 35.0 Å². The molecule has 0 spiro atoms. The van der Waals surface area contributed by atoms with Gasteiger partial charge in [0.05, 0.1) is 58.2 Å². The number of nitriles is 1. The van der Waals surface area contributed by atoms with Crippen LogP contribution in [-0.4, -0.2) is 39.3 Å². The summed E-state index contributed by atoms with van der Waals surface area (Å²) < 4.78 is 45.4. The molecule has 1 N–H and O–H groups in total. The Labute approximate surface area is 262 Å². The minimum absolute atomic E-state index is 0.328. The Balaban J connectivity index is 1.75. The maximum Gasteiger partial charge on any atom is 0.162 e. The Morgan fingerprint density at radius 3 is 2.00 bits per heavy atom. The number of aryl methyl sites for hydroxylation is 1. The summed E-state index contributed by atoms with van der Waals surface area (Å²) in [5.74, 6) is 2.08. The van der Waals surface area contributed by atoms with Crippen LogP contribution in [0, 0.1) is 18.3 Å². The first-order valence-electron chi connectivity index (χ1n) is 14.2. The second kappa shape index (κ2) is 15.9. The number of nitrogens with one attached hydrogen (secondary N) is 1. The van der Waals surface area contributed by atoms with E-state index in [1.165, 1.54) is 7.11 Å². The third kappa shape index (κ3) is 8.17. The van der Waals surface area contributed by atoms with E-state index >= 15 is 0 Å². The zero-order chi connectivity index (χ0) is 31.5. The van der Waals surface area contributed by atoms with Gasteiger partial charge in [-0.3, -0.25) is 0 Å². The van der Waals surface area contributed by atoms with Crippen molar-refractivity contribution in [3.63, 3.8) is 0 Å². The minimum atomic E-state index is -1.57. The SMILES string of the molecule is COc1cc(C#N)c(C[C@H](N[S@@](=O)c2ccc(C)cc2)c2cc(OC)c(OC)cc2CCOCc2ccccc2)cc1OC. The molecule has 2 atom stereocenters. The summed E-state index contributed by atoms with van der Waals surface area (Å²) in [5.41, 5.74) is 5.10. The van der Waals surface area contributed by atoms with Gasteiger partial charge in [-0.05, 0) is 72.4 Å². The Morgan fingerprint density at radius 2 is 1.39 bits per heavy atom. The van der Waals surface area contributed by atoms with Gasteiger partial charge < -0.3 is 23.7 Å². The highest BCUT2D eigenvalue weighted by Gasteiger charge is 2.24. The normalized spacial score (nSPS) is 12.2. The Kier molecular flexibility index (Phi) is 11.8. The van der Waals surface area contributed by atoms with E-state index in [-0.39, 0.29) is 0 Å². The first kappa shape index (κ1) is 32.6. The van der Waals surface area contributed by atoms with Crippen molar-refractivity contribution in [3.8, 4) is 29.1 Å². The van der Waals surface area contributed by atoms with E-state index in [2.05, 4.69) is 10.8 Å². The fourth-order valence-electron chi connectivity index (χ4n) is 4.91. The van der Waals surface area contributed by atoms with Gasteiger partial charge in [0.25, 0.3) is 0 Å². The maximum absolute atomic E-state index is 13.7. The number of hydrogen-bond acceptors (Lipinski definition) is 7. The molecule has 9 heteroatoms. The van der Waals surface area contributed by atoms with Gasteiger partial charge in [0.15, 0.2) is 23.0 Å². The van der Waals surface area contributed by atoms with Crippen molar-refractivity contribution in [1.29, 1.82) is 5.26 Å². The first-order valence-corrected chi connectivity index (χ1v) is 15.3. The topological polar surface area (TPSA) is 99.0 Å². The standard InChI is InChI=1S/C35H38N2O6S/c1-24-11-13-29(14-12-24)44(38)37-31(17-27-19-33(40-3)34(41-4)20-28(27)22-36)30-21-35(42-5)32(39-2)18-26(30)15-16-43-23-25-9-7-6-8-10-25/h6-14,18-21,31,37H,15-17,23H2,1-5H3/t31-,44-/m0/s1. The van der Waals surface area contributed by atoms with E-state index in [0.717, 1.165) is 22.3 Å². The van der Waals surface area contributed by atoms with Crippen molar-refractivity contribution in [2.24, 2.45) is 0 Å². The summed E-state index contributed by atoms with van der Waals surface area (Å²) >= 11 is 0. The second-order valence-corrected chi connectivity index (χ2v) is 11.4. The lowest BCUT2D eigenvalue weighted by molar-refractivity contribution is 0.123.